The number of para-hydroxylation sites is 1. The molecule has 0 aliphatic carbocycles. The summed E-state index contributed by atoms with van der Waals surface area (Å²) in [5, 5.41) is 0. The van der Waals surface area contributed by atoms with Gasteiger partial charge in [0, 0.05) is 19.1 Å². The Hall–Kier alpha value is -1.46. The maximum absolute atomic E-state index is 6.03. The highest BCUT2D eigenvalue weighted by molar-refractivity contribution is 5.51. The molecule has 1 atom stereocenters. The predicted octanol–water partition coefficient (Wildman–Crippen LogP) is 2.64. The molecule has 0 spiro atoms. The number of nitrogens with zero attached hydrogens (tertiary/aromatic N) is 2. The number of ether oxygens (including phenoxy) is 3. The lowest BCUT2D eigenvalue weighted by Crippen LogP contribution is -2.41. The first kappa shape index (κ1) is 17.4. The van der Waals surface area contributed by atoms with E-state index in [1.807, 2.05) is 18.2 Å². The van der Waals surface area contributed by atoms with Crippen LogP contribution in [0.5, 0.6) is 17.2 Å². The lowest BCUT2D eigenvalue weighted by molar-refractivity contribution is 0.159. The van der Waals surface area contributed by atoms with Crippen LogP contribution in [0, 0.1) is 0 Å². The predicted molar refractivity (Wildman–Crippen MR) is 95.3 cm³/mol. The molecule has 5 nitrogen and oxygen atoms in total. The first-order chi connectivity index (χ1) is 11.8. The molecule has 0 N–H and O–H groups in total. The van der Waals surface area contributed by atoms with Crippen molar-refractivity contribution in [3.8, 4) is 17.2 Å². The average Bonchev–Trinajstić information content (AvgIpc) is 3.27. The van der Waals surface area contributed by atoms with Crippen LogP contribution in [0.2, 0.25) is 0 Å². The van der Waals surface area contributed by atoms with Gasteiger partial charge in [-0.15, -0.1) is 0 Å². The molecule has 2 aliphatic heterocycles. The van der Waals surface area contributed by atoms with Crippen LogP contribution in [0.3, 0.4) is 0 Å². The first-order valence-electron chi connectivity index (χ1n) is 9.12. The molecule has 0 bridgehead atoms. The monoisotopic (exact) mass is 334 g/mol. The third-order valence-corrected chi connectivity index (χ3v) is 5.17. The van der Waals surface area contributed by atoms with Crippen molar-refractivity contribution in [2.75, 3.05) is 53.6 Å². The second-order valence-corrected chi connectivity index (χ2v) is 6.68. The Morgan fingerprint density at radius 3 is 2.38 bits per heavy atom. The van der Waals surface area contributed by atoms with Gasteiger partial charge in [0.05, 0.1) is 14.2 Å². The van der Waals surface area contributed by atoms with Gasteiger partial charge in [0.15, 0.2) is 11.5 Å². The third kappa shape index (κ3) is 4.14. The van der Waals surface area contributed by atoms with Gasteiger partial charge >= 0.3 is 0 Å². The quantitative estimate of drug-likeness (QED) is 0.730. The van der Waals surface area contributed by atoms with E-state index >= 15 is 0 Å². The number of hydrogen-bond donors (Lipinski definition) is 0. The Bertz CT molecular complexity index is 495. The Balaban J connectivity index is 1.52. The minimum atomic E-state index is 0.660. The molecule has 2 saturated heterocycles. The van der Waals surface area contributed by atoms with Crippen LogP contribution in [0.25, 0.3) is 0 Å². The van der Waals surface area contributed by atoms with Crippen molar-refractivity contribution >= 4 is 0 Å². The molecule has 1 aromatic rings. The number of likely N-dealkylation sites (tertiary alicyclic amines) is 2. The SMILES string of the molecule is COc1cccc(OC)c1OCCN1CCC[C@H]1CN1CCCC1. The van der Waals surface area contributed by atoms with Crippen LogP contribution in [0.4, 0.5) is 0 Å². The summed E-state index contributed by atoms with van der Waals surface area (Å²) < 4.78 is 16.8. The molecular weight excluding hydrogens is 304 g/mol. The molecule has 0 radical (unpaired) electrons. The van der Waals surface area contributed by atoms with Crippen LogP contribution in [0.1, 0.15) is 25.7 Å². The fourth-order valence-corrected chi connectivity index (χ4v) is 3.88. The fraction of sp³-hybridized carbons (Fsp3) is 0.684. The summed E-state index contributed by atoms with van der Waals surface area (Å²) in [6.45, 7) is 6.58. The van der Waals surface area contributed by atoms with Gasteiger partial charge in [-0.2, -0.15) is 0 Å². The molecule has 0 aromatic heterocycles. The molecule has 24 heavy (non-hydrogen) atoms. The van der Waals surface area contributed by atoms with Crippen molar-refractivity contribution in [2.24, 2.45) is 0 Å². The largest absolute Gasteiger partial charge is 0.493 e. The Morgan fingerprint density at radius 2 is 1.71 bits per heavy atom. The highest BCUT2D eigenvalue weighted by atomic mass is 16.5. The van der Waals surface area contributed by atoms with Crippen LogP contribution in [0.15, 0.2) is 18.2 Å². The molecular formula is C19H30N2O3. The van der Waals surface area contributed by atoms with Crippen molar-refractivity contribution in [3.05, 3.63) is 18.2 Å². The average molecular weight is 334 g/mol. The number of benzene rings is 1. The van der Waals surface area contributed by atoms with Gasteiger partial charge in [-0.05, 0) is 57.5 Å². The second kappa shape index (κ2) is 8.58. The molecule has 2 heterocycles. The summed E-state index contributed by atoms with van der Waals surface area (Å²) in [5.74, 6) is 2.16. The first-order valence-corrected chi connectivity index (χ1v) is 9.12. The molecule has 1 aromatic carbocycles. The number of methoxy groups -OCH3 is 2. The van der Waals surface area contributed by atoms with E-state index in [0.29, 0.717) is 18.4 Å². The molecule has 0 saturated carbocycles. The highest BCUT2D eigenvalue weighted by Gasteiger charge is 2.27. The number of rotatable bonds is 8. The Kier molecular flexibility index (Phi) is 6.21. The normalized spacial score (nSPS) is 22.0. The smallest absolute Gasteiger partial charge is 0.203 e. The standard InChI is InChI=1S/C19H30N2O3/c1-22-17-8-5-9-18(23-2)19(17)24-14-13-21-12-6-7-16(21)15-20-10-3-4-11-20/h5,8-9,16H,3-4,6-7,10-15H2,1-2H3/t16-/m0/s1. The summed E-state index contributed by atoms with van der Waals surface area (Å²) in [4.78, 5) is 5.20. The summed E-state index contributed by atoms with van der Waals surface area (Å²) in [6, 6.07) is 6.41. The van der Waals surface area contributed by atoms with Gasteiger partial charge in [-0.3, -0.25) is 4.90 Å². The molecule has 0 unspecified atom stereocenters. The summed E-state index contributed by atoms with van der Waals surface area (Å²) in [5.41, 5.74) is 0. The van der Waals surface area contributed by atoms with E-state index < -0.39 is 0 Å². The van der Waals surface area contributed by atoms with Crippen molar-refractivity contribution < 1.29 is 14.2 Å². The second-order valence-electron chi connectivity index (χ2n) is 6.68. The van der Waals surface area contributed by atoms with Crippen LogP contribution in [-0.4, -0.2) is 69.4 Å². The Labute approximate surface area is 145 Å². The maximum atomic E-state index is 6.03. The lowest BCUT2D eigenvalue weighted by Gasteiger charge is -2.28. The van der Waals surface area contributed by atoms with Gasteiger partial charge in [0.2, 0.25) is 5.75 Å². The molecule has 2 fully saturated rings. The van der Waals surface area contributed by atoms with E-state index in [-0.39, 0.29) is 0 Å². The van der Waals surface area contributed by atoms with E-state index in [9.17, 15) is 0 Å². The highest BCUT2D eigenvalue weighted by Crippen LogP contribution is 2.36. The van der Waals surface area contributed by atoms with Crippen molar-refractivity contribution in [1.29, 1.82) is 0 Å². The number of hydrogen-bond acceptors (Lipinski definition) is 5. The lowest BCUT2D eigenvalue weighted by atomic mass is 10.2. The molecule has 3 rings (SSSR count). The van der Waals surface area contributed by atoms with E-state index in [1.165, 1.54) is 51.9 Å². The summed E-state index contributed by atoms with van der Waals surface area (Å²) in [7, 11) is 3.32. The minimum Gasteiger partial charge on any atom is -0.493 e. The fourth-order valence-electron chi connectivity index (χ4n) is 3.88. The van der Waals surface area contributed by atoms with Crippen molar-refractivity contribution in [1.82, 2.24) is 9.80 Å². The maximum Gasteiger partial charge on any atom is 0.203 e. The minimum absolute atomic E-state index is 0.660. The van der Waals surface area contributed by atoms with Crippen molar-refractivity contribution in [3.63, 3.8) is 0 Å². The van der Waals surface area contributed by atoms with E-state index in [0.717, 1.165) is 18.0 Å². The Morgan fingerprint density at radius 1 is 1.00 bits per heavy atom. The van der Waals surface area contributed by atoms with E-state index in [1.54, 1.807) is 14.2 Å². The van der Waals surface area contributed by atoms with Gasteiger partial charge in [0.1, 0.15) is 6.61 Å². The van der Waals surface area contributed by atoms with Gasteiger partial charge in [0.25, 0.3) is 0 Å². The zero-order valence-corrected chi connectivity index (χ0v) is 15.0. The van der Waals surface area contributed by atoms with Crippen LogP contribution < -0.4 is 14.2 Å². The topological polar surface area (TPSA) is 34.2 Å². The van der Waals surface area contributed by atoms with E-state index in [2.05, 4.69) is 9.80 Å². The van der Waals surface area contributed by atoms with Crippen LogP contribution >= 0.6 is 0 Å². The summed E-state index contributed by atoms with van der Waals surface area (Å²) >= 11 is 0. The van der Waals surface area contributed by atoms with Gasteiger partial charge in [-0.25, -0.2) is 0 Å². The summed E-state index contributed by atoms with van der Waals surface area (Å²) in [6.07, 6.45) is 5.35. The van der Waals surface area contributed by atoms with Crippen molar-refractivity contribution in [2.45, 2.75) is 31.7 Å². The zero-order valence-electron chi connectivity index (χ0n) is 15.0. The zero-order chi connectivity index (χ0) is 16.8. The van der Waals surface area contributed by atoms with Gasteiger partial charge < -0.3 is 19.1 Å². The molecule has 2 aliphatic rings. The van der Waals surface area contributed by atoms with E-state index in [4.69, 9.17) is 14.2 Å². The van der Waals surface area contributed by atoms with Crippen LogP contribution in [-0.2, 0) is 0 Å². The van der Waals surface area contributed by atoms with Gasteiger partial charge in [-0.1, -0.05) is 6.07 Å². The molecule has 0 amide bonds. The third-order valence-electron chi connectivity index (χ3n) is 5.17. The molecule has 134 valence electrons. The molecule has 5 heteroatoms.